The van der Waals surface area contributed by atoms with E-state index in [1.807, 2.05) is 0 Å². The van der Waals surface area contributed by atoms with Gasteiger partial charge >= 0.3 is 0 Å². The van der Waals surface area contributed by atoms with Crippen LogP contribution in [0, 0.1) is 58.2 Å². The van der Waals surface area contributed by atoms with E-state index in [0.717, 1.165) is 60.2 Å². The zero-order valence-electron chi connectivity index (χ0n) is 28.7. The first-order chi connectivity index (χ1) is 20.9. The first-order valence-corrected chi connectivity index (χ1v) is 18.5. The highest BCUT2D eigenvalue weighted by atomic mass is 16.7. The van der Waals surface area contributed by atoms with E-state index in [0.29, 0.717) is 17.4 Å². The second-order valence-corrected chi connectivity index (χ2v) is 16.7. The molecule has 4 saturated carbocycles. The minimum absolute atomic E-state index is 0.224. The van der Waals surface area contributed by atoms with Crippen molar-refractivity contribution < 1.29 is 34.6 Å². The van der Waals surface area contributed by atoms with Crippen LogP contribution in [0.3, 0.4) is 0 Å². The van der Waals surface area contributed by atoms with Crippen LogP contribution >= 0.6 is 0 Å². The first kappa shape index (κ1) is 35.0. The molecule has 5 rings (SSSR count). The van der Waals surface area contributed by atoms with Crippen LogP contribution in [0.2, 0.25) is 0 Å². The standard InChI is InChI=1S/C37H66O7/c1-7-24(22(2)3)9-8-23(4)28-12-13-29-27-11-10-25-20-26(14-16-36(25,5)30(27)15-17-37(28,29)6)42-18-19-43-35-34(41)33(40)32(39)31(21-38)44-35/h22-35,38-41H,7-21H2,1-6H3/t23-,24-,25+,26+,27+,28-,29+,30+,31-,32-,33+,34-,35+,36+,37-/m1/s1. The second-order valence-electron chi connectivity index (χ2n) is 16.7. The zero-order valence-corrected chi connectivity index (χ0v) is 28.7. The lowest BCUT2D eigenvalue weighted by molar-refractivity contribution is -0.303. The highest BCUT2D eigenvalue weighted by Crippen LogP contribution is 2.68. The molecule has 7 nitrogen and oxygen atoms in total. The van der Waals surface area contributed by atoms with Crippen LogP contribution in [-0.2, 0) is 14.2 Å². The SMILES string of the molecule is CC[C@H](CC[C@@H](C)[C@H]1CC[C@H]2[C@@H]3CC[C@H]4C[C@@H](OCCO[C@H]5O[C@H](CO)[C@@H](O)[C@H](O)[C@H]5O)CC[C@]4(C)[C@H]3CC[C@]12C)C(C)C. The Bertz CT molecular complexity index is 912. The maximum atomic E-state index is 10.2. The van der Waals surface area contributed by atoms with E-state index in [-0.39, 0.29) is 12.7 Å². The number of hydrogen-bond acceptors (Lipinski definition) is 7. The average Bonchev–Trinajstić information content (AvgIpc) is 3.36. The van der Waals surface area contributed by atoms with Crippen LogP contribution < -0.4 is 0 Å². The third-order valence-corrected chi connectivity index (χ3v) is 14.4. The molecule has 0 aromatic rings. The van der Waals surface area contributed by atoms with Gasteiger partial charge in [0.2, 0.25) is 0 Å². The summed E-state index contributed by atoms with van der Waals surface area (Å²) in [6.07, 6.45) is 10.1. The van der Waals surface area contributed by atoms with Gasteiger partial charge in [-0.1, -0.05) is 54.4 Å². The van der Waals surface area contributed by atoms with Gasteiger partial charge in [-0.3, -0.25) is 0 Å². The molecule has 0 unspecified atom stereocenters. The minimum atomic E-state index is -1.42. The lowest BCUT2D eigenvalue weighted by Gasteiger charge is -2.61. The quantitative estimate of drug-likeness (QED) is 0.199. The third kappa shape index (κ3) is 6.69. The van der Waals surface area contributed by atoms with Crippen LogP contribution in [0.15, 0.2) is 0 Å². The van der Waals surface area contributed by atoms with E-state index < -0.39 is 37.3 Å². The smallest absolute Gasteiger partial charge is 0.186 e. The van der Waals surface area contributed by atoms with Gasteiger partial charge in [-0.05, 0) is 122 Å². The third-order valence-electron chi connectivity index (χ3n) is 14.4. The normalized spacial score (nSPS) is 47.1. The topological polar surface area (TPSA) is 109 Å². The van der Waals surface area contributed by atoms with Crippen molar-refractivity contribution in [1.82, 2.24) is 0 Å². The molecular formula is C37H66O7. The summed E-state index contributed by atoms with van der Waals surface area (Å²) in [4.78, 5) is 0. The summed E-state index contributed by atoms with van der Waals surface area (Å²) in [6, 6.07) is 0. The molecule has 44 heavy (non-hydrogen) atoms. The van der Waals surface area contributed by atoms with Gasteiger partial charge in [-0.15, -0.1) is 0 Å². The van der Waals surface area contributed by atoms with Crippen molar-refractivity contribution in [3.8, 4) is 0 Å². The zero-order chi connectivity index (χ0) is 31.8. The van der Waals surface area contributed by atoms with Crippen LogP contribution in [0.4, 0.5) is 0 Å². The molecule has 7 heteroatoms. The van der Waals surface area contributed by atoms with E-state index in [1.54, 1.807) is 0 Å². The van der Waals surface area contributed by atoms with Crippen molar-refractivity contribution in [3.05, 3.63) is 0 Å². The van der Waals surface area contributed by atoms with Gasteiger partial charge in [-0.25, -0.2) is 0 Å². The van der Waals surface area contributed by atoms with E-state index in [4.69, 9.17) is 14.2 Å². The highest BCUT2D eigenvalue weighted by molar-refractivity contribution is 5.10. The molecule has 1 aliphatic heterocycles. The molecule has 15 atom stereocenters. The van der Waals surface area contributed by atoms with Crippen molar-refractivity contribution in [3.63, 3.8) is 0 Å². The number of rotatable bonds is 12. The van der Waals surface area contributed by atoms with E-state index in [9.17, 15) is 20.4 Å². The Labute approximate surface area is 267 Å². The Morgan fingerprint density at radius 3 is 2.20 bits per heavy atom. The summed E-state index contributed by atoms with van der Waals surface area (Å²) in [7, 11) is 0. The molecule has 0 radical (unpaired) electrons. The molecule has 0 amide bonds. The van der Waals surface area contributed by atoms with Gasteiger partial charge in [-0.2, -0.15) is 0 Å². The fraction of sp³-hybridized carbons (Fsp3) is 1.00. The molecular weight excluding hydrogens is 556 g/mol. The van der Waals surface area contributed by atoms with E-state index in [1.165, 1.54) is 64.2 Å². The van der Waals surface area contributed by atoms with Gasteiger partial charge in [0.1, 0.15) is 24.4 Å². The van der Waals surface area contributed by atoms with Crippen molar-refractivity contribution >= 4 is 0 Å². The minimum Gasteiger partial charge on any atom is -0.394 e. The predicted octanol–water partition coefficient (Wildman–Crippen LogP) is 5.95. The molecule has 4 aliphatic carbocycles. The summed E-state index contributed by atoms with van der Waals surface area (Å²) in [6.45, 7) is 15.3. The molecule has 0 aromatic carbocycles. The predicted molar refractivity (Wildman–Crippen MR) is 172 cm³/mol. The lowest BCUT2D eigenvalue weighted by Crippen LogP contribution is -2.59. The van der Waals surface area contributed by atoms with Gasteiger partial charge < -0.3 is 34.6 Å². The summed E-state index contributed by atoms with van der Waals surface area (Å²) >= 11 is 0. The van der Waals surface area contributed by atoms with Crippen molar-refractivity contribution in [1.29, 1.82) is 0 Å². The maximum Gasteiger partial charge on any atom is 0.186 e. The molecule has 1 saturated heterocycles. The molecule has 5 aliphatic rings. The van der Waals surface area contributed by atoms with Crippen LogP contribution in [-0.4, -0.2) is 77.1 Å². The summed E-state index contributed by atoms with van der Waals surface area (Å²) in [5.74, 6) is 6.81. The molecule has 0 aromatic heterocycles. The van der Waals surface area contributed by atoms with Crippen LogP contribution in [0.5, 0.6) is 0 Å². The number of fused-ring (bicyclic) bond motifs is 5. The molecule has 1 heterocycles. The van der Waals surface area contributed by atoms with Gasteiger partial charge in [0, 0.05) is 0 Å². The molecule has 4 N–H and O–H groups in total. The fourth-order valence-electron chi connectivity index (χ4n) is 11.6. The highest BCUT2D eigenvalue weighted by Gasteiger charge is 2.60. The van der Waals surface area contributed by atoms with Gasteiger partial charge in [0.25, 0.3) is 0 Å². The maximum absolute atomic E-state index is 10.2. The van der Waals surface area contributed by atoms with Crippen molar-refractivity contribution in [2.45, 2.75) is 155 Å². The molecule has 0 bridgehead atoms. The fourth-order valence-corrected chi connectivity index (χ4v) is 11.6. The van der Waals surface area contributed by atoms with Crippen molar-refractivity contribution in [2.75, 3.05) is 19.8 Å². The Balaban J connectivity index is 1.11. The van der Waals surface area contributed by atoms with Crippen LogP contribution in [0.1, 0.15) is 119 Å². The lowest BCUT2D eigenvalue weighted by atomic mass is 9.44. The molecule has 5 fully saturated rings. The first-order valence-electron chi connectivity index (χ1n) is 18.5. The van der Waals surface area contributed by atoms with Crippen LogP contribution in [0.25, 0.3) is 0 Å². The Kier molecular flexibility index (Phi) is 11.5. The van der Waals surface area contributed by atoms with E-state index >= 15 is 0 Å². The van der Waals surface area contributed by atoms with Crippen molar-refractivity contribution in [2.24, 2.45) is 58.2 Å². The largest absolute Gasteiger partial charge is 0.394 e. The Hall–Kier alpha value is -0.280. The summed E-state index contributed by atoms with van der Waals surface area (Å²) in [5.41, 5.74) is 0.955. The molecule has 256 valence electrons. The second kappa shape index (κ2) is 14.5. The number of hydrogen-bond donors (Lipinski definition) is 4. The number of aliphatic hydroxyl groups is 4. The summed E-state index contributed by atoms with van der Waals surface area (Å²) in [5, 5.41) is 39.6. The average molecular weight is 623 g/mol. The van der Waals surface area contributed by atoms with E-state index in [2.05, 4.69) is 41.5 Å². The molecule has 0 spiro atoms. The van der Waals surface area contributed by atoms with Gasteiger partial charge in [0.15, 0.2) is 6.29 Å². The Morgan fingerprint density at radius 1 is 0.795 bits per heavy atom. The summed E-state index contributed by atoms with van der Waals surface area (Å²) < 4.78 is 17.4. The monoisotopic (exact) mass is 622 g/mol. The van der Waals surface area contributed by atoms with Gasteiger partial charge in [0.05, 0.1) is 25.9 Å². The number of aliphatic hydroxyl groups excluding tert-OH is 4. The Morgan fingerprint density at radius 2 is 1.50 bits per heavy atom. The number of ether oxygens (including phenoxy) is 3.